The normalized spacial score (nSPS) is 14.8. The molecule has 2 aromatic rings. The average Bonchev–Trinajstić information content (AvgIpc) is 2.76. The molecule has 1 aliphatic rings. The standard InChI is InChI=1S/C16H16F2N4O/c1-11-19-20-14-7-8-21(9-10-22(11)14)15(23)6-5-12-3-2-4-13(17)16(12)18/h2-6H,7-10H2,1H3/b6-5+. The Morgan fingerprint density at radius 1 is 1.22 bits per heavy atom. The average molecular weight is 318 g/mol. The van der Waals surface area contributed by atoms with Crippen molar-refractivity contribution in [3.8, 4) is 0 Å². The Kier molecular flexibility index (Phi) is 4.18. The summed E-state index contributed by atoms with van der Waals surface area (Å²) in [4.78, 5) is 13.9. The molecule has 0 saturated carbocycles. The number of hydrogen-bond acceptors (Lipinski definition) is 3. The highest BCUT2D eigenvalue weighted by atomic mass is 19.2. The van der Waals surface area contributed by atoms with Crippen molar-refractivity contribution in [3.63, 3.8) is 0 Å². The molecule has 120 valence electrons. The summed E-state index contributed by atoms with van der Waals surface area (Å²) in [6, 6.07) is 3.87. The highest BCUT2D eigenvalue weighted by Gasteiger charge is 2.19. The molecule has 0 atom stereocenters. The summed E-state index contributed by atoms with van der Waals surface area (Å²) in [5.74, 6) is -0.424. The topological polar surface area (TPSA) is 51.0 Å². The number of aryl methyl sites for hydroxylation is 1. The zero-order valence-corrected chi connectivity index (χ0v) is 12.7. The Hall–Kier alpha value is -2.57. The fourth-order valence-corrected chi connectivity index (χ4v) is 2.60. The second kappa shape index (κ2) is 6.28. The van der Waals surface area contributed by atoms with E-state index in [4.69, 9.17) is 0 Å². The summed E-state index contributed by atoms with van der Waals surface area (Å²) < 4.78 is 28.7. The second-order valence-electron chi connectivity index (χ2n) is 5.37. The van der Waals surface area contributed by atoms with Gasteiger partial charge in [0.05, 0.1) is 0 Å². The van der Waals surface area contributed by atoms with E-state index in [2.05, 4.69) is 10.2 Å². The van der Waals surface area contributed by atoms with Gasteiger partial charge >= 0.3 is 0 Å². The lowest BCUT2D eigenvalue weighted by atomic mass is 10.2. The number of carbonyl (C=O) groups is 1. The van der Waals surface area contributed by atoms with Gasteiger partial charge in [-0.05, 0) is 19.1 Å². The van der Waals surface area contributed by atoms with Crippen LogP contribution in [0.25, 0.3) is 6.08 Å². The van der Waals surface area contributed by atoms with Gasteiger partial charge < -0.3 is 9.47 Å². The Morgan fingerprint density at radius 2 is 2.04 bits per heavy atom. The van der Waals surface area contributed by atoms with Crippen LogP contribution in [0.5, 0.6) is 0 Å². The molecule has 2 heterocycles. The van der Waals surface area contributed by atoms with E-state index in [0.29, 0.717) is 26.1 Å². The zero-order valence-electron chi connectivity index (χ0n) is 12.7. The largest absolute Gasteiger partial charge is 0.337 e. The van der Waals surface area contributed by atoms with Crippen molar-refractivity contribution in [2.45, 2.75) is 19.9 Å². The maximum atomic E-state index is 13.6. The molecule has 1 aliphatic heterocycles. The highest BCUT2D eigenvalue weighted by Crippen LogP contribution is 2.14. The van der Waals surface area contributed by atoms with Crippen molar-refractivity contribution in [2.75, 3.05) is 13.1 Å². The van der Waals surface area contributed by atoms with Crippen LogP contribution >= 0.6 is 0 Å². The molecule has 0 spiro atoms. The third-order valence-electron chi connectivity index (χ3n) is 3.91. The van der Waals surface area contributed by atoms with Gasteiger partial charge in [-0.25, -0.2) is 8.78 Å². The van der Waals surface area contributed by atoms with E-state index < -0.39 is 11.6 Å². The second-order valence-corrected chi connectivity index (χ2v) is 5.37. The van der Waals surface area contributed by atoms with Crippen LogP contribution in [0, 0.1) is 18.6 Å². The number of aromatic nitrogens is 3. The van der Waals surface area contributed by atoms with Crippen LogP contribution in [0.4, 0.5) is 8.78 Å². The van der Waals surface area contributed by atoms with Crippen LogP contribution in [0.15, 0.2) is 24.3 Å². The van der Waals surface area contributed by atoms with Crippen LogP contribution in [0.2, 0.25) is 0 Å². The zero-order chi connectivity index (χ0) is 16.4. The fourth-order valence-electron chi connectivity index (χ4n) is 2.60. The lowest BCUT2D eigenvalue weighted by Crippen LogP contribution is -2.32. The molecule has 5 nitrogen and oxygen atoms in total. The Morgan fingerprint density at radius 3 is 2.87 bits per heavy atom. The fraction of sp³-hybridized carbons (Fsp3) is 0.312. The highest BCUT2D eigenvalue weighted by molar-refractivity contribution is 5.91. The van der Waals surface area contributed by atoms with Crippen LogP contribution in [0.1, 0.15) is 17.2 Å². The summed E-state index contributed by atoms with van der Waals surface area (Å²) >= 11 is 0. The minimum atomic E-state index is -0.950. The molecule has 1 aromatic carbocycles. The van der Waals surface area contributed by atoms with Gasteiger partial charge in [0.2, 0.25) is 5.91 Å². The minimum Gasteiger partial charge on any atom is -0.337 e. The predicted octanol–water partition coefficient (Wildman–Crippen LogP) is 1.96. The van der Waals surface area contributed by atoms with Crippen LogP contribution < -0.4 is 0 Å². The molecular formula is C16H16F2N4O. The molecule has 3 rings (SSSR count). The molecule has 1 amide bonds. The summed E-state index contributed by atoms with van der Waals surface area (Å²) in [7, 11) is 0. The summed E-state index contributed by atoms with van der Waals surface area (Å²) in [6.45, 7) is 3.55. The SMILES string of the molecule is Cc1nnc2n1CCN(C(=O)/C=C/c1cccc(F)c1F)CC2. The van der Waals surface area contributed by atoms with Gasteiger partial charge in [-0.3, -0.25) is 4.79 Å². The number of nitrogens with zero attached hydrogens (tertiary/aromatic N) is 4. The van der Waals surface area contributed by atoms with E-state index in [0.717, 1.165) is 17.7 Å². The number of rotatable bonds is 2. The molecule has 0 bridgehead atoms. The van der Waals surface area contributed by atoms with E-state index in [1.165, 1.54) is 24.3 Å². The third-order valence-corrected chi connectivity index (χ3v) is 3.91. The quantitative estimate of drug-likeness (QED) is 0.796. The molecule has 0 aliphatic carbocycles. The number of amides is 1. The number of hydrogen-bond donors (Lipinski definition) is 0. The first-order chi connectivity index (χ1) is 11.1. The van der Waals surface area contributed by atoms with Gasteiger partial charge in [-0.15, -0.1) is 10.2 Å². The van der Waals surface area contributed by atoms with Crippen LogP contribution in [-0.4, -0.2) is 38.7 Å². The van der Waals surface area contributed by atoms with E-state index in [1.54, 1.807) is 4.90 Å². The van der Waals surface area contributed by atoms with Crippen molar-refractivity contribution in [1.82, 2.24) is 19.7 Å². The van der Waals surface area contributed by atoms with E-state index in [9.17, 15) is 13.6 Å². The van der Waals surface area contributed by atoms with Crippen molar-refractivity contribution in [1.29, 1.82) is 0 Å². The third kappa shape index (κ3) is 3.13. The smallest absolute Gasteiger partial charge is 0.246 e. The van der Waals surface area contributed by atoms with Crippen molar-refractivity contribution >= 4 is 12.0 Å². The predicted molar refractivity (Wildman–Crippen MR) is 80.4 cm³/mol. The molecule has 23 heavy (non-hydrogen) atoms. The van der Waals surface area contributed by atoms with Crippen LogP contribution in [0.3, 0.4) is 0 Å². The number of fused-ring (bicyclic) bond motifs is 1. The van der Waals surface area contributed by atoms with Gasteiger partial charge in [0.1, 0.15) is 11.6 Å². The summed E-state index contributed by atoms with van der Waals surface area (Å²) in [5, 5.41) is 8.11. The molecule has 0 unspecified atom stereocenters. The Bertz CT molecular complexity index is 769. The lowest BCUT2D eigenvalue weighted by molar-refractivity contribution is -0.125. The summed E-state index contributed by atoms with van der Waals surface area (Å²) in [6.07, 6.45) is 3.20. The Balaban J connectivity index is 1.69. The Labute approximate surface area is 132 Å². The van der Waals surface area contributed by atoms with Gasteiger partial charge in [-0.2, -0.15) is 0 Å². The minimum absolute atomic E-state index is 0.0566. The van der Waals surface area contributed by atoms with Crippen LogP contribution in [-0.2, 0) is 17.8 Å². The van der Waals surface area contributed by atoms with Crippen molar-refractivity contribution in [3.05, 3.63) is 53.1 Å². The maximum Gasteiger partial charge on any atom is 0.246 e. The lowest BCUT2D eigenvalue weighted by Gasteiger charge is -2.18. The molecule has 0 radical (unpaired) electrons. The van der Waals surface area contributed by atoms with E-state index in [1.807, 2.05) is 11.5 Å². The molecule has 0 fully saturated rings. The maximum absolute atomic E-state index is 13.6. The van der Waals surface area contributed by atoms with Gasteiger partial charge in [0.25, 0.3) is 0 Å². The molecule has 7 heteroatoms. The number of carbonyl (C=O) groups excluding carboxylic acids is 1. The first-order valence-corrected chi connectivity index (χ1v) is 7.36. The molecular weight excluding hydrogens is 302 g/mol. The van der Waals surface area contributed by atoms with Gasteiger partial charge in [-0.1, -0.05) is 12.1 Å². The molecule has 0 N–H and O–H groups in total. The van der Waals surface area contributed by atoms with Crippen molar-refractivity contribution in [2.24, 2.45) is 0 Å². The van der Waals surface area contributed by atoms with E-state index in [-0.39, 0.29) is 11.5 Å². The summed E-state index contributed by atoms with van der Waals surface area (Å²) in [5.41, 5.74) is 0.0566. The van der Waals surface area contributed by atoms with Gasteiger partial charge in [0.15, 0.2) is 11.6 Å². The molecule has 1 aromatic heterocycles. The van der Waals surface area contributed by atoms with Gasteiger partial charge in [0, 0.05) is 37.7 Å². The number of halogens is 2. The molecule has 0 saturated heterocycles. The monoisotopic (exact) mass is 318 g/mol. The van der Waals surface area contributed by atoms with E-state index >= 15 is 0 Å². The number of benzene rings is 1. The van der Waals surface area contributed by atoms with Crippen molar-refractivity contribution < 1.29 is 13.6 Å². The first-order valence-electron chi connectivity index (χ1n) is 7.36. The first kappa shape index (κ1) is 15.3.